The van der Waals surface area contributed by atoms with Crippen molar-refractivity contribution < 1.29 is 18.3 Å². The summed E-state index contributed by atoms with van der Waals surface area (Å²) in [5, 5.41) is 2.52. The van der Waals surface area contributed by atoms with Crippen LogP contribution in [0.1, 0.15) is 11.5 Å². The molecule has 96 valence electrons. The summed E-state index contributed by atoms with van der Waals surface area (Å²) in [5.74, 6) is -4.59. The smallest absolute Gasteiger partial charge is 0.260 e. The number of alkyl halides is 2. The lowest BCUT2D eigenvalue weighted by Crippen LogP contribution is -2.30. The fourth-order valence-electron chi connectivity index (χ4n) is 2.28. The zero-order valence-corrected chi connectivity index (χ0v) is 9.61. The molecule has 1 saturated heterocycles. The van der Waals surface area contributed by atoms with Crippen molar-refractivity contribution in [1.29, 1.82) is 0 Å². The molecule has 2 aliphatic rings. The molecule has 3 rings (SSSR count). The summed E-state index contributed by atoms with van der Waals surface area (Å²) in [6.07, 6.45) is -0.424. The number of hydrogen-bond donors (Lipinski definition) is 1. The van der Waals surface area contributed by atoms with E-state index in [0.29, 0.717) is 12.2 Å². The molecule has 2 fully saturated rings. The Balaban J connectivity index is 1.61. The highest BCUT2D eigenvalue weighted by Crippen LogP contribution is 2.61. The number of carbonyl (C=O) groups excluding carboxylic acids is 1. The van der Waals surface area contributed by atoms with E-state index in [1.54, 1.807) is 30.3 Å². The monoisotopic (exact) mass is 253 g/mol. The maximum Gasteiger partial charge on any atom is 0.260 e. The van der Waals surface area contributed by atoms with E-state index in [9.17, 15) is 13.6 Å². The zero-order chi connectivity index (χ0) is 12.8. The Morgan fingerprint density at radius 3 is 2.67 bits per heavy atom. The Morgan fingerprint density at radius 2 is 2.06 bits per heavy atom. The van der Waals surface area contributed by atoms with Gasteiger partial charge in [0.2, 0.25) is 0 Å². The van der Waals surface area contributed by atoms with Gasteiger partial charge in [-0.15, -0.1) is 0 Å². The quantitative estimate of drug-likeness (QED) is 0.827. The number of rotatable bonds is 4. The van der Waals surface area contributed by atoms with Gasteiger partial charge in [0.25, 0.3) is 11.8 Å². The molecule has 1 N–H and O–H groups in total. The molecule has 1 aromatic rings. The lowest BCUT2D eigenvalue weighted by atomic mass is 10.1. The van der Waals surface area contributed by atoms with E-state index in [2.05, 4.69) is 5.32 Å². The van der Waals surface area contributed by atoms with Crippen LogP contribution in [0.2, 0.25) is 0 Å². The zero-order valence-electron chi connectivity index (χ0n) is 9.61. The first-order valence-corrected chi connectivity index (χ1v) is 5.93. The molecule has 3 atom stereocenters. The van der Waals surface area contributed by atoms with Gasteiger partial charge in [-0.1, -0.05) is 30.3 Å². The molecule has 1 aliphatic heterocycles. The van der Waals surface area contributed by atoms with Gasteiger partial charge >= 0.3 is 0 Å². The highest BCUT2D eigenvalue weighted by Gasteiger charge is 2.68. The third-order valence-electron chi connectivity index (χ3n) is 3.48. The summed E-state index contributed by atoms with van der Waals surface area (Å²) in [5.41, 5.74) is 0.629. The molecule has 1 amide bonds. The molecule has 1 heterocycles. The maximum absolute atomic E-state index is 13.6. The van der Waals surface area contributed by atoms with Crippen molar-refractivity contribution in [2.45, 2.75) is 17.9 Å². The standard InChI is InChI=1S/C13H13F2NO2/c14-13(15)9(6-16-12(17)10-7-18-10)11(13)8-4-2-1-3-5-8/h1-5,9-11H,6-7H2,(H,16,17)/t9-,10?,11-/m0/s1. The van der Waals surface area contributed by atoms with Crippen molar-refractivity contribution in [3.05, 3.63) is 35.9 Å². The van der Waals surface area contributed by atoms with Crippen molar-refractivity contribution in [1.82, 2.24) is 5.32 Å². The molecule has 5 heteroatoms. The number of nitrogens with one attached hydrogen (secondary N) is 1. The second-order valence-electron chi connectivity index (χ2n) is 4.74. The van der Waals surface area contributed by atoms with Crippen molar-refractivity contribution in [2.24, 2.45) is 5.92 Å². The van der Waals surface area contributed by atoms with Crippen molar-refractivity contribution in [2.75, 3.05) is 13.2 Å². The van der Waals surface area contributed by atoms with E-state index in [1.807, 2.05) is 0 Å². The van der Waals surface area contributed by atoms with E-state index in [1.165, 1.54) is 0 Å². The first-order valence-electron chi connectivity index (χ1n) is 5.93. The minimum Gasteiger partial charge on any atom is -0.363 e. The summed E-state index contributed by atoms with van der Waals surface area (Å²) in [6, 6.07) is 8.69. The van der Waals surface area contributed by atoms with Gasteiger partial charge in [0.05, 0.1) is 18.4 Å². The van der Waals surface area contributed by atoms with E-state index < -0.39 is 23.9 Å². The molecule has 1 saturated carbocycles. The molecule has 1 aliphatic carbocycles. The first kappa shape index (κ1) is 11.6. The topological polar surface area (TPSA) is 41.6 Å². The highest BCUT2D eigenvalue weighted by molar-refractivity contribution is 5.82. The van der Waals surface area contributed by atoms with E-state index >= 15 is 0 Å². The van der Waals surface area contributed by atoms with Gasteiger partial charge in [-0.05, 0) is 5.56 Å². The fourth-order valence-corrected chi connectivity index (χ4v) is 2.28. The minimum absolute atomic E-state index is 0.00521. The Labute approximate surface area is 103 Å². The van der Waals surface area contributed by atoms with Crippen LogP contribution in [0.4, 0.5) is 8.78 Å². The first-order chi connectivity index (χ1) is 8.60. The van der Waals surface area contributed by atoms with Gasteiger partial charge in [-0.2, -0.15) is 0 Å². The number of amides is 1. The van der Waals surface area contributed by atoms with Crippen molar-refractivity contribution >= 4 is 5.91 Å². The summed E-state index contributed by atoms with van der Waals surface area (Å²) in [4.78, 5) is 11.3. The van der Waals surface area contributed by atoms with E-state index in [4.69, 9.17) is 4.74 Å². The van der Waals surface area contributed by atoms with Gasteiger partial charge < -0.3 is 10.1 Å². The van der Waals surface area contributed by atoms with E-state index in [0.717, 1.165) is 0 Å². The van der Waals surface area contributed by atoms with Gasteiger partial charge in [0, 0.05) is 6.54 Å². The number of hydrogen-bond acceptors (Lipinski definition) is 2. The molecule has 1 aromatic carbocycles. The highest BCUT2D eigenvalue weighted by atomic mass is 19.3. The van der Waals surface area contributed by atoms with Crippen molar-refractivity contribution in [3.8, 4) is 0 Å². The Hall–Kier alpha value is -1.49. The van der Waals surface area contributed by atoms with Crippen LogP contribution in [0.25, 0.3) is 0 Å². The van der Waals surface area contributed by atoms with Crippen LogP contribution in [-0.4, -0.2) is 31.1 Å². The average molecular weight is 253 g/mol. The summed E-state index contributed by atoms with van der Waals surface area (Å²) in [6.45, 7) is 0.403. The molecular weight excluding hydrogens is 240 g/mol. The molecule has 3 nitrogen and oxygen atoms in total. The van der Waals surface area contributed by atoms with Crippen LogP contribution in [-0.2, 0) is 9.53 Å². The normalized spacial score (nSPS) is 31.8. The van der Waals surface area contributed by atoms with Crippen LogP contribution >= 0.6 is 0 Å². The second-order valence-corrected chi connectivity index (χ2v) is 4.74. The van der Waals surface area contributed by atoms with E-state index in [-0.39, 0.29) is 12.5 Å². The third kappa shape index (κ3) is 1.99. The maximum atomic E-state index is 13.6. The van der Waals surface area contributed by atoms with Crippen molar-refractivity contribution in [3.63, 3.8) is 0 Å². The van der Waals surface area contributed by atoms with Crippen LogP contribution in [0, 0.1) is 5.92 Å². The van der Waals surface area contributed by atoms with Crippen LogP contribution in [0.3, 0.4) is 0 Å². The largest absolute Gasteiger partial charge is 0.363 e. The van der Waals surface area contributed by atoms with Gasteiger partial charge in [0.1, 0.15) is 0 Å². The number of ether oxygens (including phenoxy) is 1. The number of carbonyl (C=O) groups is 1. The Kier molecular flexibility index (Phi) is 2.59. The summed E-state index contributed by atoms with van der Waals surface area (Å²) >= 11 is 0. The summed E-state index contributed by atoms with van der Waals surface area (Å²) in [7, 11) is 0. The molecule has 0 bridgehead atoms. The average Bonchev–Trinajstić information content (AvgIpc) is 3.24. The predicted molar refractivity (Wildman–Crippen MR) is 60.4 cm³/mol. The second kappa shape index (κ2) is 4.02. The third-order valence-corrected chi connectivity index (χ3v) is 3.48. The van der Waals surface area contributed by atoms with Gasteiger partial charge in [-0.3, -0.25) is 4.79 Å². The van der Waals surface area contributed by atoms with Gasteiger partial charge in [-0.25, -0.2) is 8.78 Å². The SMILES string of the molecule is O=C(NC[C@H]1[C@H](c2ccccc2)C1(F)F)C1CO1. The number of halogens is 2. The molecule has 18 heavy (non-hydrogen) atoms. The van der Waals surface area contributed by atoms with Crippen LogP contribution < -0.4 is 5.32 Å². The molecular formula is C13H13F2NO2. The minimum atomic E-state index is -2.72. The van der Waals surface area contributed by atoms with Gasteiger partial charge in [0.15, 0.2) is 6.10 Å². The predicted octanol–water partition coefficient (Wildman–Crippen LogP) is 1.55. The number of epoxide rings is 1. The lowest BCUT2D eigenvalue weighted by Gasteiger charge is -2.01. The van der Waals surface area contributed by atoms with Crippen LogP contribution in [0.5, 0.6) is 0 Å². The molecule has 0 radical (unpaired) electrons. The lowest BCUT2D eigenvalue weighted by molar-refractivity contribution is -0.122. The molecule has 0 spiro atoms. The summed E-state index contributed by atoms with van der Waals surface area (Å²) < 4.78 is 32.0. The molecule has 0 aromatic heterocycles. The van der Waals surface area contributed by atoms with Crippen LogP contribution in [0.15, 0.2) is 30.3 Å². The Morgan fingerprint density at radius 1 is 1.39 bits per heavy atom. The molecule has 1 unspecified atom stereocenters. The Bertz CT molecular complexity index is 459. The fraction of sp³-hybridized carbons (Fsp3) is 0.462. The number of benzene rings is 1.